The standard InChI is InChI=1S/C20H25N5O3/c1-13(2)19-21-15(4)11-18(22-19)23-7-9-24(10-8-23)20(26)16-6-5-14(3)17(12-16)25(27)28/h5-6,11-13H,7-10H2,1-4H3. The molecule has 0 radical (unpaired) electrons. The summed E-state index contributed by atoms with van der Waals surface area (Å²) in [7, 11) is 0. The highest BCUT2D eigenvalue weighted by Gasteiger charge is 2.25. The second-order valence-electron chi connectivity index (χ2n) is 7.42. The van der Waals surface area contributed by atoms with Crippen molar-refractivity contribution in [2.45, 2.75) is 33.6 Å². The van der Waals surface area contributed by atoms with Crippen LogP contribution in [-0.4, -0.2) is 51.9 Å². The molecular weight excluding hydrogens is 358 g/mol. The maximum Gasteiger partial charge on any atom is 0.273 e. The number of benzene rings is 1. The highest BCUT2D eigenvalue weighted by Crippen LogP contribution is 2.22. The van der Waals surface area contributed by atoms with Gasteiger partial charge in [0.05, 0.1) is 4.92 Å². The Hall–Kier alpha value is -3.03. The van der Waals surface area contributed by atoms with E-state index in [2.05, 4.69) is 28.7 Å². The molecule has 1 fully saturated rings. The van der Waals surface area contributed by atoms with Gasteiger partial charge in [0, 0.05) is 61.1 Å². The lowest BCUT2D eigenvalue weighted by Gasteiger charge is -2.35. The number of nitrogens with zero attached hydrogens (tertiary/aromatic N) is 5. The quantitative estimate of drug-likeness (QED) is 0.595. The van der Waals surface area contributed by atoms with Gasteiger partial charge in [0.25, 0.3) is 11.6 Å². The van der Waals surface area contributed by atoms with Gasteiger partial charge in [-0.2, -0.15) is 0 Å². The predicted octanol–water partition coefficient (Wildman–Crippen LogP) is 3.09. The number of rotatable bonds is 4. The van der Waals surface area contributed by atoms with E-state index in [-0.39, 0.29) is 17.5 Å². The Morgan fingerprint density at radius 1 is 1.11 bits per heavy atom. The fraction of sp³-hybridized carbons (Fsp3) is 0.450. The number of nitro groups is 1. The van der Waals surface area contributed by atoms with Gasteiger partial charge in [-0.25, -0.2) is 9.97 Å². The lowest BCUT2D eigenvalue weighted by atomic mass is 10.1. The smallest absolute Gasteiger partial charge is 0.273 e. The number of aromatic nitrogens is 2. The molecule has 148 valence electrons. The van der Waals surface area contributed by atoms with Crippen molar-refractivity contribution in [2.24, 2.45) is 0 Å². The predicted molar refractivity (Wildman–Crippen MR) is 107 cm³/mol. The average molecular weight is 383 g/mol. The van der Waals surface area contributed by atoms with Crippen molar-refractivity contribution in [3.05, 3.63) is 57.0 Å². The lowest BCUT2D eigenvalue weighted by molar-refractivity contribution is -0.385. The van der Waals surface area contributed by atoms with Gasteiger partial charge >= 0.3 is 0 Å². The summed E-state index contributed by atoms with van der Waals surface area (Å²) in [6, 6.07) is 6.61. The summed E-state index contributed by atoms with van der Waals surface area (Å²) in [6.45, 7) is 10.2. The van der Waals surface area contributed by atoms with Crippen LogP contribution in [0.2, 0.25) is 0 Å². The van der Waals surface area contributed by atoms with Crippen LogP contribution in [0, 0.1) is 24.0 Å². The molecule has 1 saturated heterocycles. The highest BCUT2D eigenvalue weighted by atomic mass is 16.6. The zero-order valence-electron chi connectivity index (χ0n) is 16.7. The number of aryl methyl sites for hydroxylation is 2. The first-order valence-corrected chi connectivity index (χ1v) is 9.41. The molecule has 0 aliphatic carbocycles. The van der Waals surface area contributed by atoms with Crippen LogP contribution in [0.15, 0.2) is 24.3 Å². The maximum atomic E-state index is 12.8. The molecule has 0 atom stereocenters. The number of amides is 1. The number of nitro benzene ring substituents is 1. The van der Waals surface area contributed by atoms with Crippen LogP contribution in [0.25, 0.3) is 0 Å². The van der Waals surface area contributed by atoms with Gasteiger partial charge in [0.15, 0.2) is 0 Å². The summed E-state index contributed by atoms with van der Waals surface area (Å²) in [5.41, 5.74) is 1.80. The molecule has 1 aliphatic heterocycles. The topological polar surface area (TPSA) is 92.5 Å². The zero-order chi connectivity index (χ0) is 20.4. The molecule has 0 spiro atoms. The van der Waals surface area contributed by atoms with Crippen molar-refractivity contribution >= 4 is 17.4 Å². The number of anilines is 1. The molecule has 0 unspecified atom stereocenters. The van der Waals surface area contributed by atoms with E-state index >= 15 is 0 Å². The average Bonchev–Trinajstić information content (AvgIpc) is 2.67. The Kier molecular flexibility index (Phi) is 5.58. The highest BCUT2D eigenvalue weighted by molar-refractivity contribution is 5.95. The number of hydrogen-bond donors (Lipinski definition) is 0. The van der Waals surface area contributed by atoms with Gasteiger partial charge in [-0.1, -0.05) is 19.9 Å². The fourth-order valence-electron chi connectivity index (χ4n) is 3.25. The van der Waals surface area contributed by atoms with Gasteiger partial charge < -0.3 is 9.80 Å². The zero-order valence-corrected chi connectivity index (χ0v) is 16.7. The summed E-state index contributed by atoms with van der Waals surface area (Å²) in [6.07, 6.45) is 0. The van der Waals surface area contributed by atoms with E-state index in [0.717, 1.165) is 17.3 Å². The van der Waals surface area contributed by atoms with Crippen molar-refractivity contribution < 1.29 is 9.72 Å². The minimum absolute atomic E-state index is 0.0258. The van der Waals surface area contributed by atoms with Crippen LogP contribution in [-0.2, 0) is 0 Å². The van der Waals surface area contributed by atoms with Crippen molar-refractivity contribution in [2.75, 3.05) is 31.1 Å². The summed E-state index contributed by atoms with van der Waals surface area (Å²) in [5, 5.41) is 11.1. The van der Waals surface area contributed by atoms with Gasteiger partial charge in [0.2, 0.25) is 0 Å². The molecule has 1 aromatic carbocycles. The van der Waals surface area contributed by atoms with E-state index in [4.69, 9.17) is 0 Å². The minimum atomic E-state index is -0.451. The first-order chi connectivity index (χ1) is 13.3. The molecule has 0 bridgehead atoms. The van der Waals surface area contributed by atoms with Crippen molar-refractivity contribution in [1.82, 2.24) is 14.9 Å². The number of carbonyl (C=O) groups excluding carboxylic acids is 1. The van der Waals surface area contributed by atoms with E-state index in [1.165, 1.54) is 6.07 Å². The molecule has 2 aromatic rings. The Bertz CT molecular complexity index is 905. The third-order valence-electron chi connectivity index (χ3n) is 4.92. The van der Waals surface area contributed by atoms with E-state index in [1.807, 2.05) is 13.0 Å². The van der Waals surface area contributed by atoms with Crippen LogP contribution in [0.5, 0.6) is 0 Å². The van der Waals surface area contributed by atoms with Crippen LogP contribution in [0.3, 0.4) is 0 Å². The molecule has 28 heavy (non-hydrogen) atoms. The Morgan fingerprint density at radius 3 is 2.39 bits per heavy atom. The fourth-order valence-corrected chi connectivity index (χ4v) is 3.25. The molecule has 2 heterocycles. The van der Waals surface area contributed by atoms with Crippen LogP contribution < -0.4 is 4.90 Å². The number of carbonyl (C=O) groups is 1. The van der Waals surface area contributed by atoms with Crippen molar-refractivity contribution in [1.29, 1.82) is 0 Å². The van der Waals surface area contributed by atoms with E-state index in [0.29, 0.717) is 37.3 Å². The normalized spacial score (nSPS) is 14.5. The first-order valence-electron chi connectivity index (χ1n) is 9.41. The molecule has 1 aromatic heterocycles. The van der Waals surface area contributed by atoms with Crippen LogP contribution in [0.4, 0.5) is 11.5 Å². The second-order valence-corrected chi connectivity index (χ2v) is 7.42. The van der Waals surface area contributed by atoms with E-state index in [9.17, 15) is 14.9 Å². The van der Waals surface area contributed by atoms with Crippen LogP contribution >= 0.6 is 0 Å². The van der Waals surface area contributed by atoms with Crippen molar-refractivity contribution in [3.8, 4) is 0 Å². The van der Waals surface area contributed by atoms with E-state index < -0.39 is 4.92 Å². The van der Waals surface area contributed by atoms with Gasteiger partial charge in [-0.3, -0.25) is 14.9 Å². The molecule has 1 aliphatic rings. The van der Waals surface area contributed by atoms with E-state index in [1.54, 1.807) is 24.0 Å². The Balaban J connectivity index is 1.71. The summed E-state index contributed by atoms with van der Waals surface area (Å²) >= 11 is 0. The second kappa shape index (κ2) is 7.92. The molecule has 8 heteroatoms. The lowest BCUT2D eigenvalue weighted by Crippen LogP contribution is -2.49. The molecule has 8 nitrogen and oxygen atoms in total. The third kappa shape index (κ3) is 4.11. The first kappa shape index (κ1) is 19.7. The Labute approximate surface area is 164 Å². The largest absolute Gasteiger partial charge is 0.353 e. The molecule has 0 N–H and O–H groups in total. The number of hydrogen-bond acceptors (Lipinski definition) is 6. The molecule has 3 rings (SSSR count). The maximum absolute atomic E-state index is 12.8. The van der Waals surface area contributed by atoms with Crippen molar-refractivity contribution in [3.63, 3.8) is 0 Å². The molecule has 0 saturated carbocycles. The summed E-state index contributed by atoms with van der Waals surface area (Å²) in [5.74, 6) is 1.78. The van der Waals surface area contributed by atoms with Gasteiger partial charge in [0.1, 0.15) is 11.6 Å². The summed E-state index contributed by atoms with van der Waals surface area (Å²) < 4.78 is 0. The third-order valence-corrected chi connectivity index (χ3v) is 4.92. The SMILES string of the molecule is Cc1cc(N2CCN(C(=O)c3ccc(C)c([N+](=O)[O-])c3)CC2)nc(C(C)C)n1. The minimum Gasteiger partial charge on any atom is -0.353 e. The van der Waals surface area contributed by atoms with Crippen LogP contribution in [0.1, 0.15) is 47.2 Å². The Morgan fingerprint density at radius 2 is 1.79 bits per heavy atom. The van der Waals surface area contributed by atoms with Gasteiger partial charge in [-0.15, -0.1) is 0 Å². The molecular formula is C20H25N5O3. The molecule has 1 amide bonds. The van der Waals surface area contributed by atoms with Gasteiger partial charge in [-0.05, 0) is 19.9 Å². The monoisotopic (exact) mass is 383 g/mol. The number of piperazine rings is 1. The summed E-state index contributed by atoms with van der Waals surface area (Å²) in [4.78, 5) is 36.5.